The Morgan fingerprint density at radius 1 is 0.904 bits per heavy atom. The van der Waals surface area contributed by atoms with Crippen molar-refractivity contribution in [3.63, 3.8) is 0 Å². The summed E-state index contributed by atoms with van der Waals surface area (Å²) in [6.45, 7) is 8.28. The number of aliphatic hydroxyl groups excluding tert-OH is 1. The molecule has 2 aliphatic rings. The van der Waals surface area contributed by atoms with Crippen LogP contribution in [0.4, 0.5) is 0 Å². The largest absolute Gasteiger partial charge is 0.507 e. The molecule has 0 radical (unpaired) electrons. The minimum atomic E-state index is -1.91. The van der Waals surface area contributed by atoms with Crippen molar-refractivity contribution in [1.29, 1.82) is 0 Å². The van der Waals surface area contributed by atoms with Gasteiger partial charge in [0, 0.05) is 19.3 Å². The quantitative estimate of drug-likeness (QED) is 0.0756. The van der Waals surface area contributed by atoms with E-state index in [1.165, 1.54) is 25.3 Å². The predicted molar refractivity (Wildman–Crippen MR) is 192 cm³/mol. The summed E-state index contributed by atoms with van der Waals surface area (Å²) in [5, 5.41) is 29.3. The molecule has 14 heteroatoms. The molecule has 0 spiro atoms. The number of carbonyl (C=O) groups excluding carboxylic acids is 6. The number of nitrogens with two attached hydrogens (primary N) is 1. The second-order valence-electron chi connectivity index (χ2n) is 14.7. The molecule has 3 rings (SSSR count). The van der Waals surface area contributed by atoms with Crippen molar-refractivity contribution in [2.24, 2.45) is 17.6 Å². The molecular formula is C38H58N4O10. The molecule has 1 aromatic carbocycles. The van der Waals surface area contributed by atoms with Gasteiger partial charge in [-0.3, -0.25) is 24.0 Å². The Hall–Kier alpha value is -4.20. The molecular weight excluding hydrogens is 672 g/mol. The number of phenolic OH excluding ortho intramolecular Hbond substituents is 1. The molecule has 1 fully saturated rings. The van der Waals surface area contributed by atoms with Crippen LogP contribution < -0.4 is 21.7 Å². The van der Waals surface area contributed by atoms with Gasteiger partial charge in [0.05, 0.1) is 18.5 Å². The molecule has 0 unspecified atom stereocenters. The lowest BCUT2D eigenvalue weighted by atomic mass is 9.90. The van der Waals surface area contributed by atoms with Crippen molar-refractivity contribution in [2.75, 3.05) is 0 Å². The van der Waals surface area contributed by atoms with Gasteiger partial charge in [0.2, 0.25) is 17.7 Å². The number of cyclic esters (lactones) is 2. The number of hydrogen-bond acceptors (Lipinski definition) is 10. The van der Waals surface area contributed by atoms with Gasteiger partial charge in [-0.2, -0.15) is 0 Å². The van der Waals surface area contributed by atoms with E-state index in [2.05, 4.69) is 29.8 Å². The van der Waals surface area contributed by atoms with E-state index >= 15 is 0 Å². The molecule has 7 N–H and O–H groups in total. The average Bonchev–Trinajstić information content (AvgIpc) is 3.45. The second kappa shape index (κ2) is 20.7. The number of benzene rings is 1. The number of carbonyl (C=O) groups is 6. The second-order valence-corrected chi connectivity index (χ2v) is 14.7. The number of phenols is 1. The number of ether oxygens (including phenoxy) is 2. The van der Waals surface area contributed by atoms with Gasteiger partial charge in [-0.25, -0.2) is 4.79 Å². The molecule has 4 amide bonds. The maximum absolute atomic E-state index is 13.4. The van der Waals surface area contributed by atoms with Crippen molar-refractivity contribution in [3.05, 3.63) is 29.3 Å². The highest BCUT2D eigenvalue weighted by atomic mass is 16.6. The number of fused-ring (bicyclic) bond motifs is 1. The van der Waals surface area contributed by atoms with Gasteiger partial charge in [-0.15, -0.1) is 0 Å². The lowest BCUT2D eigenvalue weighted by Crippen LogP contribution is -2.57. The molecule has 14 nitrogen and oxygen atoms in total. The zero-order valence-corrected chi connectivity index (χ0v) is 31.0. The third kappa shape index (κ3) is 13.1. The zero-order chi connectivity index (χ0) is 38.4. The van der Waals surface area contributed by atoms with E-state index in [9.17, 15) is 39.0 Å². The van der Waals surface area contributed by atoms with Crippen molar-refractivity contribution >= 4 is 35.6 Å². The highest BCUT2D eigenvalue weighted by Crippen LogP contribution is 2.30. The van der Waals surface area contributed by atoms with Crippen LogP contribution in [0.5, 0.6) is 5.75 Å². The molecule has 0 aliphatic carbocycles. The van der Waals surface area contributed by atoms with Crippen molar-refractivity contribution in [2.45, 2.75) is 154 Å². The molecule has 7 atom stereocenters. The number of aromatic hydroxyl groups is 1. The van der Waals surface area contributed by atoms with Crippen LogP contribution in [0.1, 0.15) is 127 Å². The highest BCUT2D eigenvalue weighted by Gasteiger charge is 2.45. The van der Waals surface area contributed by atoms with E-state index in [-0.39, 0.29) is 55.2 Å². The Morgan fingerprint density at radius 2 is 1.60 bits per heavy atom. The summed E-state index contributed by atoms with van der Waals surface area (Å²) in [5.74, 6) is -3.57. The van der Waals surface area contributed by atoms with Crippen molar-refractivity contribution in [3.8, 4) is 5.75 Å². The number of nitrogens with one attached hydrogen (secondary N) is 3. The SMILES string of the molecule is CC[C@@H](C)CCCCCCCCC(=O)N[C@@H](CCC(N)=O)C(=O)N[C@H]1CC(=O)O[C@@H]1[C@H](O)C(=O)N[C@@H](CC(C)C)[C@@H]1Cc2cccc(O)c2C(=O)O1. The van der Waals surface area contributed by atoms with Crippen LogP contribution in [0.15, 0.2) is 18.2 Å². The van der Waals surface area contributed by atoms with Gasteiger partial charge in [-0.05, 0) is 42.7 Å². The summed E-state index contributed by atoms with van der Waals surface area (Å²) in [6, 6.07) is 1.66. The first-order valence-corrected chi connectivity index (χ1v) is 18.8. The fourth-order valence-corrected chi connectivity index (χ4v) is 6.69. The van der Waals surface area contributed by atoms with Gasteiger partial charge in [0.25, 0.3) is 5.91 Å². The van der Waals surface area contributed by atoms with E-state index in [0.29, 0.717) is 18.4 Å². The van der Waals surface area contributed by atoms with E-state index in [4.69, 9.17) is 15.2 Å². The van der Waals surface area contributed by atoms with Crippen LogP contribution >= 0.6 is 0 Å². The molecule has 52 heavy (non-hydrogen) atoms. The lowest BCUT2D eigenvalue weighted by Gasteiger charge is -2.34. The lowest BCUT2D eigenvalue weighted by molar-refractivity contribution is -0.151. The molecule has 0 aromatic heterocycles. The number of amides is 4. The number of esters is 2. The summed E-state index contributed by atoms with van der Waals surface area (Å²) < 4.78 is 10.9. The number of rotatable bonds is 22. The van der Waals surface area contributed by atoms with E-state index < -0.39 is 66.1 Å². The number of primary amides is 1. The van der Waals surface area contributed by atoms with Gasteiger partial charge in [0.15, 0.2) is 12.2 Å². The third-order valence-corrected chi connectivity index (χ3v) is 9.85. The monoisotopic (exact) mass is 730 g/mol. The maximum Gasteiger partial charge on any atom is 0.342 e. The highest BCUT2D eigenvalue weighted by molar-refractivity contribution is 5.95. The Kier molecular flexibility index (Phi) is 16.8. The fraction of sp³-hybridized carbons (Fsp3) is 0.684. The van der Waals surface area contributed by atoms with Crippen LogP contribution in [0.2, 0.25) is 0 Å². The van der Waals surface area contributed by atoms with Gasteiger partial charge in [0.1, 0.15) is 23.5 Å². The van der Waals surface area contributed by atoms with Crippen molar-refractivity contribution < 1.29 is 48.5 Å². The molecule has 2 heterocycles. The Labute approximate surface area is 306 Å². The minimum absolute atomic E-state index is 0.0416. The molecule has 0 bridgehead atoms. The summed E-state index contributed by atoms with van der Waals surface area (Å²) >= 11 is 0. The van der Waals surface area contributed by atoms with Gasteiger partial charge < -0.3 is 41.4 Å². The first-order chi connectivity index (χ1) is 24.7. The van der Waals surface area contributed by atoms with Gasteiger partial charge >= 0.3 is 11.9 Å². The number of hydrogen-bond donors (Lipinski definition) is 6. The first-order valence-electron chi connectivity index (χ1n) is 18.8. The van der Waals surface area contributed by atoms with Gasteiger partial charge in [-0.1, -0.05) is 84.8 Å². The summed E-state index contributed by atoms with van der Waals surface area (Å²) in [4.78, 5) is 76.3. The fourth-order valence-electron chi connectivity index (χ4n) is 6.69. The summed E-state index contributed by atoms with van der Waals surface area (Å²) in [6.07, 6.45) is 4.37. The normalized spacial score (nSPS) is 20.5. The molecule has 1 saturated heterocycles. The Balaban J connectivity index is 1.59. The predicted octanol–water partition coefficient (Wildman–Crippen LogP) is 3.08. The number of unbranched alkanes of at least 4 members (excludes halogenated alkanes) is 5. The zero-order valence-electron chi connectivity index (χ0n) is 31.0. The first kappa shape index (κ1) is 42.2. The molecule has 290 valence electrons. The minimum Gasteiger partial charge on any atom is -0.507 e. The average molecular weight is 731 g/mol. The van der Waals surface area contributed by atoms with E-state index in [1.807, 2.05) is 13.8 Å². The topological polar surface area (TPSA) is 223 Å². The molecule has 2 aliphatic heterocycles. The van der Waals surface area contributed by atoms with Crippen LogP contribution in [0.25, 0.3) is 0 Å². The molecule has 1 aromatic rings. The smallest absolute Gasteiger partial charge is 0.342 e. The van der Waals surface area contributed by atoms with Crippen LogP contribution in [-0.4, -0.2) is 82.2 Å². The van der Waals surface area contributed by atoms with Crippen LogP contribution in [-0.2, 0) is 39.9 Å². The summed E-state index contributed by atoms with van der Waals surface area (Å²) in [7, 11) is 0. The Morgan fingerprint density at radius 3 is 2.27 bits per heavy atom. The maximum atomic E-state index is 13.4. The Bertz CT molecular complexity index is 1400. The summed E-state index contributed by atoms with van der Waals surface area (Å²) in [5.41, 5.74) is 5.94. The van der Waals surface area contributed by atoms with Crippen LogP contribution in [0.3, 0.4) is 0 Å². The standard InChI is InChI=1S/C38H58N4O10/c1-5-23(4)13-10-8-6-7-9-11-16-31(45)40-25(17-18-30(39)44)36(48)42-27-21-32(46)52-35(27)34(47)37(49)41-26(19-22(2)3)29-20-24-14-12-15-28(43)33(24)38(50)51-29/h12,14-15,22-23,25-27,29,34-35,43,47H,5-11,13,16-21H2,1-4H3,(H2,39,44)(H,40,45)(H,41,49)(H,42,48)/t23-,25+,26+,27+,29+,34+,35+/m1/s1. The van der Waals surface area contributed by atoms with Crippen LogP contribution in [0, 0.1) is 11.8 Å². The van der Waals surface area contributed by atoms with E-state index in [1.54, 1.807) is 12.1 Å². The van der Waals surface area contributed by atoms with E-state index in [0.717, 1.165) is 31.6 Å². The molecule has 0 saturated carbocycles. The van der Waals surface area contributed by atoms with Crippen molar-refractivity contribution in [1.82, 2.24) is 16.0 Å². The number of aliphatic hydroxyl groups is 1. The third-order valence-electron chi connectivity index (χ3n) is 9.85.